The van der Waals surface area contributed by atoms with E-state index in [2.05, 4.69) is 20.0 Å². The van der Waals surface area contributed by atoms with Crippen molar-refractivity contribution in [2.75, 3.05) is 5.32 Å². The van der Waals surface area contributed by atoms with Crippen molar-refractivity contribution in [3.8, 4) is 17.2 Å². The number of nitrogens with one attached hydrogen (secondary N) is 1. The smallest absolute Gasteiger partial charge is 0.434 e. The van der Waals surface area contributed by atoms with E-state index >= 15 is 0 Å². The fourth-order valence-electron chi connectivity index (χ4n) is 2.63. The first-order chi connectivity index (χ1) is 13.9. The van der Waals surface area contributed by atoms with Crippen LogP contribution in [0.3, 0.4) is 0 Å². The highest BCUT2D eigenvalue weighted by atomic mass is 19.4. The highest BCUT2D eigenvalue weighted by molar-refractivity contribution is 6.04. The fraction of sp³-hybridized carbons (Fsp3) is 0.0500. The lowest BCUT2D eigenvalue weighted by molar-refractivity contribution is -0.274. The van der Waals surface area contributed by atoms with Gasteiger partial charge in [-0.2, -0.15) is 4.98 Å². The van der Waals surface area contributed by atoms with Crippen LogP contribution in [0, 0.1) is 0 Å². The Morgan fingerprint density at radius 3 is 2.55 bits per heavy atom. The van der Waals surface area contributed by atoms with Gasteiger partial charge in [0.1, 0.15) is 5.75 Å². The van der Waals surface area contributed by atoms with Gasteiger partial charge < -0.3 is 14.5 Å². The summed E-state index contributed by atoms with van der Waals surface area (Å²) in [6.07, 6.45) is -3.22. The van der Waals surface area contributed by atoms with Crippen molar-refractivity contribution in [2.45, 2.75) is 6.36 Å². The minimum absolute atomic E-state index is 0.0286. The maximum atomic E-state index is 12.3. The molecule has 29 heavy (non-hydrogen) atoms. The Morgan fingerprint density at radius 2 is 1.83 bits per heavy atom. The third kappa shape index (κ3) is 4.34. The Bertz CT molecular complexity index is 1140. The zero-order chi connectivity index (χ0) is 20.4. The molecule has 9 heteroatoms. The minimum Gasteiger partial charge on any atom is -0.434 e. The van der Waals surface area contributed by atoms with Gasteiger partial charge in [0.25, 0.3) is 5.91 Å². The summed E-state index contributed by atoms with van der Waals surface area (Å²) in [5.74, 6) is -0.657. The number of rotatable bonds is 4. The molecule has 0 radical (unpaired) electrons. The zero-order valence-corrected chi connectivity index (χ0v) is 14.6. The van der Waals surface area contributed by atoms with Crippen molar-refractivity contribution in [1.29, 1.82) is 0 Å². The number of hydrogen-bond acceptors (Lipinski definition) is 5. The van der Waals surface area contributed by atoms with Gasteiger partial charge in [0.05, 0.1) is 0 Å². The van der Waals surface area contributed by atoms with E-state index in [1.54, 1.807) is 42.6 Å². The molecule has 4 rings (SSSR count). The van der Waals surface area contributed by atoms with E-state index in [0.717, 1.165) is 12.1 Å². The van der Waals surface area contributed by atoms with Gasteiger partial charge in [-0.3, -0.25) is 4.79 Å². The molecule has 146 valence electrons. The van der Waals surface area contributed by atoms with E-state index in [0.29, 0.717) is 28.4 Å². The number of oxazole rings is 1. The van der Waals surface area contributed by atoms with Gasteiger partial charge in [-0.05, 0) is 54.6 Å². The number of halogens is 3. The van der Waals surface area contributed by atoms with E-state index < -0.39 is 18.0 Å². The zero-order valence-electron chi connectivity index (χ0n) is 14.6. The molecule has 0 aliphatic heterocycles. The van der Waals surface area contributed by atoms with E-state index in [1.165, 1.54) is 12.1 Å². The summed E-state index contributed by atoms with van der Waals surface area (Å²) in [5, 5.41) is 2.61. The van der Waals surface area contributed by atoms with Crippen molar-refractivity contribution < 1.29 is 27.1 Å². The molecule has 0 fully saturated rings. The quantitative estimate of drug-likeness (QED) is 0.520. The number of pyridine rings is 1. The molecule has 0 saturated heterocycles. The van der Waals surface area contributed by atoms with Crippen molar-refractivity contribution in [3.05, 3.63) is 72.4 Å². The summed E-state index contributed by atoms with van der Waals surface area (Å²) < 4.78 is 46.4. The number of benzene rings is 2. The third-order valence-corrected chi connectivity index (χ3v) is 3.88. The second kappa shape index (κ2) is 7.27. The summed E-state index contributed by atoms with van der Waals surface area (Å²) in [5.41, 5.74) is 2.21. The number of nitrogens with zero attached hydrogens (tertiary/aromatic N) is 2. The Morgan fingerprint density at radius 1 is 1.03 bits per heavy atom. The molecule has 2 heterocycles. The molecule has 0 atom stereocenters. The van der Waals surface area contributed by atoms with E-state index in [9.17, 15) is 18.0 Å². The molecular weight excluding hydrogens is 387 g/mol. The molecule has 0 unspecified atom stereocenters. The summed E-state index contributed by atoms with van der Waals surface area (Å²) in [4.78, 5) is 20.7. The topological polar surface area (TPSA) is 77.3 Å². The molecular formula is C20H12F3N3O3. The standard InChI is InChI=1S/C20H12F3N3O3/c21-20(22,23)29-15-4-1-3-13(11-15)18(27)25-14-8-6-12(7-9-14)19-26-17-16(28-19)5-2-10-24-17/h1-11H,(H,25,27). The normalized spacial score (nSPS) is 11.4. The Kier molecular flexibility index (Phi) is 4.63. The number of anilines is 1. The van der Waals surface area contributed by atoms with Gasteiger partial charge in [0.15, 0.2) is 11.2 Å². The van der Waals surface area contributed by atoms with E-state index in [-0.39, 0.29) is 5.56 Å². The lowest BCUT2D eigenvalue weighted by Gasteiger charge is -2.10. The molecule has 4 aromatic rings. The lowest BCUT2D eigenvalue weighted by Crippen LogP contribution is -2.18. The average Bonchev–Trinajstić information content (AvgIpc) is 3.11. The first-order valence-corrected chi connectivity index (χ1v) is 8.36. The van der Waals surface area contributed by atoms with Crippen LogP contribution in [0.5, 0.6) is 5.75 Å². The second-order valence-electron chi connectivity index (χ2n) is 5.95. The Balaban J connectivity index is 1.48. The molecule has 2 aromatic heterocycles. The summed E-state index contributed by atoms with van der Waals surface area (Å²) >= 11 is 0. The third-order valence-electron chi connectivity index (χ3n) is 3.88. The van der Waals surface area contributed by atoms with Gasteiger partial charge in [-0.1, -0.05) is 6.07 Å². The number of ether oxygens (including phenoxy) is 1. The van der Waals surface area contributed by atoms with Crippen LogP contribution < -0.4 is 10.1 Å². The number of carbonyl (C=O) groups is 1. The number of carbonyl (C=O) groups excluding carboxylic acids is 1. The van der Waals surface area contributed by atoms with Crippen LogP contribution in [0.25, 0.3) is 22.7 Å². The monoisotopic (exact) mass is 399 g/mol. The van der Waals surface area contributed by atoms with Crippen LogP contribution in [0.1, 0.15) is 10.4 Å². The molecule has 2 aromatic carbocycles. The number of fused-ring (bicyclic) bond motifs is 1. The predicted octanol–water partition coefficient (Wildman–Crippen LogP) is 5.04. The van der Waals surface area contributed by atoms with Gasteiger partial charge in [0.2, 0.25) is 5.89 Å². The molecule has 1 N–H and O–H groups in total. The van der Waals surface area contributed by atoms with Gasteiger partial charge in [-0.25, -0.2) is 4.98 Å². The Hall–Kier alpha value is -3.88. The summed E-state index contributed by atoms with van der Waals surface area (Å²) in [6.45, 7) is 0. The van der Waals surface area contributed by atoms with E-state index in [1.807, 2.05) is 0 Å². The lowest BCUT2D eigenvalue weighted by atomic mass is 10.1. The molecule has 0 bridgehead atoms. The first kappa shape index (κ1) is 18.5. The molecule has 6 nitrogen and oxygen atoms in total. The van der Waals surface area contributed by atoms with Crippen molar-refractivity contribution in [2.24, 2.45) is 0 Å². The number of amides is 1. The molecule has 0 saturated carbocycles. The van der Waals surface area contributed by atoms with Crippen LogP contribution >= 0.6 is 0 Å². The second-order valence-corrected chi connectivity index (χ2v) is 5.95. The van der Waals surface area contributed by atoms with E-state index in [4.69, 9.17) is 4.42 Å². The van der Waals surface area contributed by atoms with Gasteiger partial charge in [-0.15, -0.1) is 13.2 Å². The van der Waals surface area contributed by atoms with Crippen LogP contribution in [-0.2, 0) is 0 Å². The van der Waals surface area contributed by atoms with Crippen LogP contribution in [-0.4, -0.2) is 22.2 Å². The molecule has 0 spiro atoms. The molecule has 0 aliphatic carbocycles. The average molecular weight is 399 g/mol. The maximum Gasteiger partial charge on any atom is 0.573 e. The molecule has 1 amide bonds. The first-order valence-electron chi connectivity index (χ1n) is 8.36. The van der Waals surface area contributed by atoms with Crippen molar-refractivity contribution in [3.63, 3.8) is 0 Å². The Labute approximate surface area is 162 Å². The van der Waals surface area contributed by atoms with Crippen LogP contribution in [0.15, 0.2) is 71.3 Å². The number of aromatic nitrogens is 2. The maximum absolute atomic E-state index is 12.3. The summed E-state index contributed by atoms with van der Waals surface area (Å²) in [6, 6.07) is 15.0. The number of hydrogen-bond donors (Lipinski definition) is 1. The predicted molar refractivity (Wildman–Crippen MR) is 98.3 cm³/mol. The molecule has 0 aliphatic rings. The SMILES string of the molecule is O=C(Nc1ccc(-c2nc3ncccc3o2)cc1)c1cccc(OC(F)(F)F)c1. The van der Waals surface area contributed by atoms with Gasteiger partial charge >= 0.3 is 6.36 Å². The van der Waals surface area contributed by atoms with Gasteiger partial charge in [0, 0.05) is 23.0 Å². The number of alkyl halides is 3. The van der Waals surface area contributed by atoms with Crippen molar-refractivity contribution in [1.82, 2.24) is 9.97 Å². The highest BCUT2D eigenvalue weighted by Gasteiger charge is 2.31. The fourth-order valence-corrected chi connectivity index (χ4v) is 2.63. The van der Waals surface area contributed by atoms with Crippen LogP contribution in [0.4, 0.5) is 18.9 Å². The minimum atomic E-state index is -4.83. The highest BCUT2D eigenvalue weighted by Crippen LogP contribution is 2.26. The van der Waals surface area contributed by atoms with Crippen molar-refractivity contribution >= 4 is 22.8 Å². The largest absolute Gasteiger partial charge is 0.573 e. The summed E-state index contributed by atoms with van der Waals surface area (Å²) in [7, 11) is 0. The van der Waals surface area contributed by atoms with Crippen LogP contribution in [0.2, 0.25) is 0 Å².